The number of aromatic amines is 1. The number of fused-ring (bicyclic) bond motifs is 1. The molecule has 1 unspecified atom stereocenters. The van der Waals surface area contributed by atoms with E-state index in [9.17, 15) is 9.59 Å². The minimum Gasteiger partial charge on any atom is -0.356 e. The second-order valence-corrected chi connectivity index (χ2v) is 4.81. The Morgan fingerprint density at radius 3 is 3.05 bits per heavy atom. The van der Waals surface area contributed by atoms with Gasteiger partial charge in [-0.25, -0.2) is 4.98 Å². The number of carbonyl (C=O) groups excluding carboxylic acids is 2. The molecule has 2 aromatic rings. The number of imidazole rings is 1. The molecule has 0 aliphatic carbocycles. The van der Waals surface area contributed by atoms with E-state index in [1.165, 1.54) is 13.4 Å². The molecule has 0 bridgehead atoms. The van der Waals surface area contributed by atoms with Crippen LogP contribution < -0.4 is 5.32 Å². The molecule has 0 saturated carbocycles. The molecule has 9 heteroatoms. The van der Waals surface area contributed by atoms with Gasteiger partial charge < -0.3 is 10.3 Å². The first-order valence-corrected chi connectivity index (χ1v) is 6.37. The van der Waals surface area contributed by atoms with Crippen molar-refractivity contribution in [2.45, 2.75) is 18.9 Å². The Bertz CT molecular complexity index is 699. The van der Waals surface area contributed by atoms with Gasteiger partial charge in [0, 0.05) is 13.5 Å². The number of likely N-dealkylation sites (N-methyl/N-ethyl adjacent to an activating group) is 1. The Hall–Kier alpha value is -2.22. The number of amides is 2. The molecule has 1 atom stereocenters. The number of likely N-dealkylation sites (tertiary alicyclic amines) is 1. The Labute approximate surface area is 118 Å². The summed E-state index contributed by atoms with van der Waals surface area (Å²) in [5, 5.41) is 3.04. The van der Waals surface area contributed by atoms with Crippen LogP contribution in [0.3, 0.4) is 0 Å². The Kier molecular flexibility index (Phi) is 3.01. The van der Waals surface area contributed by atoms with Crippen LogP contribution in [0.15, 0.2) is 6.33 Å². The van der Waals surface area contributed by atoms with E-state index in [0.717, 1.165) is 4.90 Å². The molecule has 1 aliphatic heterocycles. The predicted octanol–water partition coefficient (Wildman–Crippen LogP) is 0.566. The van der Waals surface area contributed by atoms with Crippen molar-refractivity contribution in [3.05, 3.63) is 11.6 Å². The van der Waals surface area contributed by atoms with E-state index in [0.29, 0.717) is 29.8 Å². The molecule has 1 saturated heterocycles. The zero-order valence-corrected chi connectivity index (χ0v) is 11.3. The summed E-state index contributed by atoms with van der Waals surface area (Å²) in [6.45, 7) is 0. The van der Waals surface area contributed by atoms with Crippen molar-refractivity contribution in [1.29, 1.82) is 0 Å². The molecular formula is C11H11ClN6O2. The van der Waals surface area contributed by atoms with Crippen LogP contribution in [0.2, 0.25) is 5.28 Å². The first-order valence-electron chi connectivity index (χ1n) is 6.00. The molecule has 104 valence electrons. The average Bonchev–Trinajstić information content (AvgIpc) is 2.87. The number of nitrogens with zero attached hydrogens (tertiary/aromatic N) is 4. The van der Waals surface area contributed by atoms with Crippen molar-refractivity contribution in [3.8, 4) is 0 Å². The molecule has 3 rings (SSSR count). The molecule has 8 nitrogen and oxygen atoms in total. The Balaban J connectivity index is 1.91. The fourth-order valence-corrected chi connectivity index (χ4v) is 2.29. The molecule has 0 radical (unpaired) electrons. The summed E-state index contributed by atoms with van der Waals surface area (Å²) < 4.78 is 0. The van der Waals surface area contributed by atoms with E-state index in [4.69, 9.17) is 11.6 Å². The highest BCUT2D eigenvalue weighted by Crippen LogP contribution is 2.22. The van der Waals surface area contributed by atoms with Crippen LogP contribution in [0.25, 0.3) is 11.2 Å². The first kappa shape index (κ1) is 12.8. The van der Waals surface area contributed by atoms with Crippen LogP contribution in [0.5, 0.6) is 0 Å². The van der Waals surface area contributed by atoms with Crippen LogP contribution in [-0.2, 0) is 9.59 Å². The van der Waals surface area contributed by atoms with Crippen molar-refractivity contribution in [1.82, 2.24) is 24.8 Å². The standard InChI is InChI=1S/C11H11ClN6O2/c1-18-6(19)3-2-5(10(18)20)15-9-7-8(14-4-13-7)16-11(12)17-9/h4-5H,2-3H2,1H3,(H2,13,14,15,16,17). The van der Waals surface area contributed by atoms with Gasteiger partial charge in [0.05, 0.1) is 6.33 Å². The Morgan fingerprint density at radius 1 is 1.45 bits per heavy atom. The number of piperidine rings is 1. The topological polar surface area (TPSA) is 104 Å². The van der Waals surface area contributed by atoms with E-state index in [-0.39, 0.29) is 17.1 Å². The minimum absolute atomic E-state index is 0.0415. The third-order valence-corrected chi connectivity index (χ3v) is 3.39. The highest BCUT2D eigenvalue weighted by molar-refractivity contribution is 6.28. The zero-order valence-electron chi connectivity index (χ0n) is 10.6. The highest BCUT2D eigenvalue weighted by atomic mass is 35.5. The number of halogens is 1. The lowest BCUT2D eigenvalue weighted by atomic mass is 10.0. The summed E-state index contributed by atoms with van der Waals surface area (Å²) in [4.78, 5) is 39.5. The van der Waals surface area contributed by atoms with Gasteiger partial charge in [-0.1, -0.05) is 0 Å². The van der Waals surface area contributed by atoms with Gasteiger partial charge in [0.25, 0.3) is 5.91 Å². The molecule has 20 heavy (non-hydrogen) atoms. The average molecular weight is 295 g/mol. The van der Waals surface area contributed by atoms with E-state index < -0.39 is 6.04 Å². The van der Waals surface area contributed by atoms with Crippen molar-refractivity contribution >= 4 is 40.4 Å². The van der Waals surface area contributed by atoms with Crippen molar-refractivity contribution < 1.29 is 9.59 Å². The number of nitrogens with one attached hydrogen (secondary N) is 2. The fraction of sp³-hybridized carbons (Fsp3) is 0.364. The van der Waals surface area contributed by atoms with Gasteiger partial charge in [-0.3, -0.25) is 14.5 Å². The minimum atomic E-state index is -0.518. The van der Waals surface area contributed by atoms with Crippen molar-refractivity contribution in [3.63, 3.8) is 0 Å². The molecule has 2 amide bonds. The van der Waals surface area contributed by atoms with E-state index in [2.05, 4.69) is 25.3 Å². The molecule has 1 aliphatic rings. The number of aromatic nitrogens is 4. The van der Waals surface area contributed by atoms with E-state index >= 15 is 0 Å². The molecule has 2 aromatic heterocycles. The fourth-order valence-electron chi connectivity index (χ4n) is 2.13. The van der Waals surface area contributed by atoms with Gasteiger partial charge >= 0.3 is 0 Å². The molecule has 2 N–H and O–H groups in total. The number of hydrogen-bond acceptors (Lipinski definition) is 6. The summed E-state index contributed by atoms with van der Waals surface area (Å²) in [6.07, 6.45) is 2.20. The van der Waals surface area contributed by atoms with Gasteiger partial charge in [0.2, 0.25) is 11.2 Å². The first-order chi connectivity index (χ1) is 9.56. The van der Waals surface area contributed by atoms with Gasteiger partial charge in [0.1, 0.15) is 11.6 Å². The maximum Gasteiger partial charge on any atom is 0.251 e. The number of H-pyrrole nitrogens is 1. The van der Waals surface area contributed by atoms with Crippen LogP contribution in [-0.4, -0.2) is 49.7 Å². The number of rotatable bonds is 2. The summed E-state index contributed by atoms with van der Waals surface area (Å²) in [7, 11) is 1.47. The van der Waals surface area contributed by atoms with Gasteiger partial charge in [-0.2, -0.15) is 9.97 Å². The second-order valence-electron chi connectivity index (χ2n) is 4.47. The summed E-state index contributed by atoms with van der Waals surface area (Å²) >= 11 is 5.82. The smallest absolute Gasteiger partial charge is 0.251 e. The maximum atomic E-state index is 12.0. The molecule has 0 spiro atoms. The number of imide groups is 1. The van der Waals surface area contributed by atoms with Crippen LogP contribution in [0, 0.1) is 0 Å². The van der Waals surface area contributed by atoms with Crippen molar-refractivity contribution in [2.24, 2.45) is 0 Å². The quantitative estimate of drug-likeness (QED) is 0.620. The largest absolute Gasteiger partial charge is 0.356 e. The van der Waals surface area contributed by atoms with Gasteiger partial charge in [0.15, 0.2) is 11.5 Å². The predicted molar refractivity (Wildman–Crippen MR) is 71.1 cm³/mol. The molecular weight excluding hydrogens is 284 g/mol. The zero-order chi connectivity index (χ0) is 14.3. The van der Waals surface area contributed by atoms with Gasteiger partial charge in [-0.15, -0.1) is 0 Å². The summed E-state index contributed by atoms with van der Waals surface area (Å²) in [5.74, 6) is -0.0669. The van der Waals surface area contributed by atoms with Crippen LogP contribution in [0.4, 0.5) is 5.82 Å². The van der Waals surface area contributed by atoms with E-state index in [1.54, 1.807) is 0 Å². The lowest BCUT2D eigenvalue weighted by Crippen LogP contribution is -2.48. The number of anilines is 1. The summed E-state index contributed by atoms with van der Waals surface area (Å²) in [5.41, 5.74) is 0.988. The molecule has 1 fully saturated rings. The lowest BCUT2D eigenvalue weighted by molar-refractivity contribution is -0.146. The van der Waals surface area contributed by atoms with Gasteiger partial charge in [-0.05, 0) is 18.0 Å². The summed E-state index contributed by atoms with van der Waals surface area (Å²) in [6, 6.07) is -0.518. The normalized spacial score (nSPS) is 19.7. The molecule has 0 aromatic carbocycles. The monoisotopic (exact) mass is 294 g/mol. The van der Waals surface area contributed by atoms with E-state index in [1.807, 2.05) is 0 Å². The third-order valence-electron chi connectivity index (χ3n) is 3.22. The van der Waals surface area contributed by atoms with Crippen molar-refractivity contribution in [2.75, 3.05) is 12.4 Å². The SMILES string of the molecule is CN1C(=O)CCC(Nc2nc(Cl)nc3nc[nH]c23)C1=O. The van der Waals surface area contributed by atoms with Crippen LogP contribution in [0.1, 0.15) is 12.8 Å². The number of carbonyl (C=O) groups is 2. The highest BCUT2D eigenvalue weighted by Gasteiger charge is 2.32. The second kappa shape index (κ2) is 4.71. The number of hydrogen-bond donors (Lipinski definition) is 2. The van der Waals surface area contributed by atoms with Crippen LogP contribution >= 0.6 is 11.6 Å². The third kappa shape index (κ3) is 2.07. The Morgan fingerprint density at radius 2 is 2.25 bits per heavy atom. The maximum absolute atomic E-state index is 12.0. The molecule has 3 heterocycles. The lowest BCUT2D eigenvalue weighted by Gasteiger charge is -2.28.